The van der Waals surface area contributed by atoms with Crippen molar-refractivity contribution in [2.75, 3.05) is 39.6 Å². The van der Waals surface area contributed by atoms with Gasteiger partial charge in [-0.2, -0.15) is 0 Å². The van der Waals surface area contributed by atoms with E-state index in [-0.39, 0.29) is 35.8 Å². The zero-order chi connectivity index (χ0) is 27.0. The monoisotopic (exact) mass is 644 g/mol. The van der Waals surface area contributed by atoms with Crippen LogP contribution in [-0.2, 0) is 53.8 Å². The molecule has 0 saturated carbocycles. The molecule has 0 fully saturated rings. The van der Waals surface area contributed by atoms with Gasteiger partial charge in [-0.15, -0.1) is 0 Å². The second-order valence-electron chi connectivity index (χ2n) is 7.26. The average Bonchev–Trinajstić information content (AvgIpc) is 2.83. The van der Waals surface area contributed by atoms with Crippen LogP contribution in [0.15, 0.2) is 0 Å². The normalized spacial score (nSPS) is 11.0. The molecule has 4 radical (unpaired) electrons. The third-order valence-electron chi connectivity index (χ3n) is 3.60. The fourth-order valence-corrected chi connectivity index (χ4v) is 1.47. The van der Waals surface area contributed by atoms with E-state index in [2.05, 4.69) is 41.5 Å². The van der Waals surface area contributed by atoms with Crippen molar-refractivity contribution in [3.05, 3.63) is 13.8 Å². The number of ether oxygens (including phenoxy) is 4. The van der Waals surface area contributed by atoms with Crippen molar-refractivity contribution in [3.8, 4) is 0 Å². The van der Waals surface area contributed by atoms with Crippen LogP contribution in [0.5, 0.6) is 0 Å². The quantitative estimate of drug-likeness (QED) is 0.0956. The van der Waals surface area contributed by atoms with Crippen LogP contribution < -0.4 is 0 Å². The largest absolute Gasteiger partial charge is 2.00 e. The minimum Gasteiger partial charge on any atom is -0.778 e. The van der Waals surface area contributed by atoms with Crippen LogP contribution in [0.2, 0.25) is 0 Å². The van der Waals surface area contributed by atoms with Gasteiger partial charge in [-0.1, -0.05) is 104 Å². The molecule has 0 bridgehead atoms. The molecule has 35 heavy (non-hydrogen) atoms. The Morgan fingerprint density at radius 3 is 1.11 bits per heavy atom. The molecular formula is C26H52O6S2Sn. The van der Waals surface area contributed by atoms with Crippen LogP contribution in [0.4, 0.5) is 0 Å². The Morgan fingerprint density at radius 1 is 0.629 bits per heavy atom. The second kappa shape index (κ2) is 41.5. The molecule has 0 aliphatic rings. The zero-order valence-corrected chi connectivity index (χ0v) is 27.7. The molecule has 0 aromatic rings. The minimum absolute atomic E-state index is 0. The summed E-state index contributed by atoms with van der Waals surface area (Å²) in [5.74, 6) is -0.678. The number of hydrogen-bond acceptors (Lipinski definition) is 8. The number of carbonyl (C=O) groups excluding carboxylic acids is 2. The van der Waals surface area contributed by atoms with E-state index < -0.39 is 10.5 Å². The molecule has 6 nitrogen and oxygen atoms in total. The first kappa shape index (κ1) is 45.3. The first-order valence-electron chi connectivity index (χ1n) is 12.6. The Morgan fingerprint density at radius 2 is 0.914 bits per heavy atom. The van der Waals surface area contributed by atoms with Gasteiger partial charge in [-0.3, -0.25) is 9.59 Å². The predicted octanol–water partition coefficient (Wildman–Crippen LogP) is 5.42. The van der Waals surface area contributed by atoms with Gasteiger partial charge in [0.1, 0.15) is 13.2 Å². The van der Waals surface area contributed by atoms with Gasteiger partial charge in [0.15, 0.2) is 0 Å². The molecule has 0 spiro atoms. The number of esters is 2. The van der Waals surface area contributed by atoms with E-state index in [1.165, 1.54) is 12.8 Å². The molecule has 0 heterocycles. The van der Waals surface area contributed by atoms with Crippen molar-refractivity contribution in [1.82, 2.24) is 0 Å². The van der Waals surface area contributed by atoms with Gasteiger partial charge in [0.25, 0.3) is 11.9 Å². The summed E-state index contributed by atoms with van der Waals surface area (Å²) in [6.07, 6.45) is 8.88. The SMILES string of the molecule is CCCCOCCOC(=O)C(C)[S-].CCCCOCCOC(=O)C(C)[S-].[CH2]CCC.[CH2]CCC.[Sn+2]. The van der Waals surface area contributed by atoms with Crippen molar-refractivity contribution < 1.29 is 28.5 Å². The summed E-state index contributed by atoms with van der Waals surface area (Å²) in [5.41, 5.74) is 0. The molecule has 0 aromatic heterocycles. The number of rotatable bonds is 16. The van der Waals surface area contributed by atoms with Crippen LogP contribution >= 0.6 is 0 Å². The molecule has 208 valence electrons. The number of hydrogen-bond donors (Lipinski definition) is 0. The molecule has 0 N–H and O–H groups in total. The van der Waals surface area contributed by atoms with E-state index in [1.807, 2.05) is 0 Å². The smallest absolute Gasteiger partial charge is 0.778 e. The number of unbranched alkanes of at least 4 members (excludes halogenated alkanes) is 4. The van der Waals surface area contributed by atoms with E-state index in [1.54, 1.807) is 13.8 Å². The summed E-state index contributed by atoms with van der Waals surface area (Å²) in [7, 11) is 0. The van der Waals surface area contributed by atoms with Gasteiger partial charge in [-0.25, -0.2) is 0 Å². The van der Waals surface area contributed by atoms with Gasteiger partial charge >= 0.3 is 23.9 Å². The molecule has 0 aliphatic heterocycles. The molecule has 0 aromatic carbocycles. The van der Waals surface area contributed by atoms with E-state index in [0.717, 1.165) is 51.7 Å². The Balaban J connectivity index is -0.000000128. The fraction of sp³-hybridized carbons (Fsp3) is 0.846. The topological polar surface area (TPSA) is 71.1 Å². The summed E-state index contributed by atoms with van der Waals surface area (Å²) in [5, 5.41) is -0.925. The molecule has 0 saturated heterocycles. The van der Waals surface area contributed by atoms with E-state index >= 15 is 0 Å². The zero-order valence-electron chi connectivity index (χ0n) is 23.2. The molecule has 0 amide bonds. The van der Waals surface area contributed by atoms with Gasteiger partial charge in [0.2, 0.25) is 0 Å². The van der Waals surface area contributed by atoms with Gasteiger partial charge in [-0.05, 0) is 12.8 Å². The van der Waals surface area contributed by atoms with E-state index in [9.17, 15) is 9.59 Å². The Kier molecular flexibility index (Phi) is 53.7. The Bertz CT molecular complexity index is 360. The third kappa shape index (κ3) is 51.8. The average molecular weight is 644 g/mol. The Labute approximate surface area is 245 Å². The van der Waals surface area contributed by atoms with E-state index in [0.29, 0.717) is 26.4 Å². The third-order valence-corrected chi connectivity index (χ3v) is 3.98. The maximum Gasteiger partial charge on any atom is 2.00 e. The predicted molar refractivity (Wildman–Crippen MR) is 153 cm³/mol. The van der Waals surface area contributed by atoms with Crippen LogP contribution in [-0.4, -0.2) is 86.0 Å². The van der Waals surface area contributed by atoms with Gasteiger partial charge in [0, 0.05) is 13.2 Å². The summed E-state index contributed by atoms with van der Waals surface area (Å²) in [4.78, 5) is 21.7. The minimum atomic E-state index is -0.462. The summed E-state index contributed by atoms with van der Waals surface area (Å²) >= 11 is 9.41. The Hall–Kier alpha value is 0.359. The van der Waals surface area contributed by atoms with E-state index in [4.69, 9.17) is 44.2 Å². The maximum atomic E-state index is 10.8. The van der Waals surface area contributed by atoms with Crippen LogP contribution in [0.1, 0.15) is 92.9 Å². The van der Waals surface area contributed by atoms with Crippen LogP contribution in [0, 0.1) is 13.8 Å². The first-order chi connectivity index (χ1) is 16.2. The summed E-state index contributed by atoms with van der Waals surface area (Å²) in [6, 6.07) is 0. The second-order valence-corrected chi connectivity index (χ2v) is 8.67. The van der Waals surface area contributed by atoms with Gasteiger partial charge < -0.3 is 44.2 Å². The summed E-state index contributed by atoms with van der Waals surface area (Å²) < 4.78 is 20.0. The van der Waals surface area contributed by atoms with Crippen LogP contribution in [0.25, 0.3) is 0 Å². The van der Waals surface area contributed by atoms with Gasteiger partial charge in [0.05, 0.1) is 13.2 Å². The van der Waals surface area contributed by atoms with Crippen molar-refractivity contribution in [2.24, 2.45) is 0 Å². The fourth-order valence-electron chi connectivity index (χ4n) is 1.33. The molecule has 0 rings (SSSR count). The maximum absolute atomic E-state index is 10.8. The van der Waals surface area contributed by atoms with Crippen LogP contribution in [0.3, 0.4) is 0 Å². The molecule has 9 heteroatoms. The molecule has 2 unspecified atom stereocenters. The first-order valence-corrected chi connectivity index (χ1v) is 13.5. The van der Waals surface area contributed by atoms with Crippen molar-refractivity contribution in [3.63, 3.8) is 0 Å². The molecule has 0 aliphatic carbocycles. The molecular weight excluding hydrogens is 591 g/mol. The van der Waals surface area contributed by atoms with Crippen molar-refractivity contribution in [2.45, 2.75) is 103 Å². The van der Waals surface area contributed by atoms with Crippen molar-refractivity contribution >= 4 is 61.1 Å². The van der Waals surface area contributed by atoms with Crippen molar-refractivity contribution in [1.29, 1.82) is 0 Å². The number of carbonyl (C=O) groups is 2. The summed E-state index contributed by atoms with van der Waals surface area (Å²) in [6.45, 7) is 21.9. The standard InChI is InChI=1S/2C9H18O3S.2C4H9.Sn/c2*1-3-4-5-11-6-7-12-9(10)8(2)13;2*1-3-4-2;/h2*8,13H,3-7H2,1-2H3;2*1,3-4H2,2H3;/q;;;;+2/p-2. The molecule has 2 atom stereocenters.